The summed E-state index contributed by atoms with van der Waals surface area (Å²) in [5.41, 5.74) is 6.90. The third-order valence-corrected chi connectivity index (χ3v) is 7.37. The summed E-state index contributed by atoms with van der Waals surface area (Å²) in [6.45, 7) is 0.953. The molecule has 0 unspecified atom stereocenters. The molecule has 0 atom stereocenters. The summed E-state index contributed by atoms with van der Waals surface area (Å²) >= 11 is 3.31. The average Bonchev–Trinajstić information content (AvgIpc) is 3.28. The van der Waals surface area contributed by atoms with Crippen LogP contribution < -0.4 is 16.1 Å². The number of benzene rings is 1. The van der Waals surface area contributed by atoms with Gasteiger partial charge in [-0.2, -0.15) is 0 Å². The van der Waals surface area contributed by atoms with Gasteiger partial charge in [0, 0.05) is 25.1 Å². The molecule has 0 amide bonds. The summed E-state index contributed by atoms with van der Waals surface area (Å²) in [5, 5.41) is 0. The van der Waals surface area contributed by atoms with Crippen molar-refractivity contribution in [1.29, 1.82) is 0 Å². The highest BCUT2D eigenvalue weighted by atomic mass is 79.9. The fraction of sp³-hybridized carbons (Fsp3) is 0.533. The Morgan fingerprint density at radius 1 is 1.25 bits per heavy atom. The van der Waals surface area contributed by atoms with Gasteiger partial charge in [0.1, 0.15) is 0 Å². The summed E-state index contributed by atoms with van der Waals surface area (Å²) in [7, 11) is -0.384. The number of nitrogens with zero attached hydrogens (tertiary/aromatic N) is 2. The minimum atomic E-state index is -3.67. The maximum Gasteiger partial charge on any atom is 0.328 e. The Labute approximate surface area is 149 Å². The number of rotatable bonds is 6. The molecule has 0 bridgehead atoms. The molecule has 0 aliphatic heterocycles. The highest BCUT2D eigenvalue weighted by molar-refractivity contribution is 9.10. The van der Waals surface area contributed by atoms with Crippen LogP contribution in [0.5, 0.6) is 0 Å². The van der Waals surface area contributed by atoms with Crippen LogP contribution in [-0.2, 0) is 24.1 Å². The Balaban J connectivity index is 1.91. The van der Waals surface area contributed by atoms with Gasteiger partial charge in [0.25, 0.3) is 0 Å². The Morgan fingerprint density at radius 3 is 2.38 bits per heavy atom. The number of sulfonamides is 1. The molecule has 1 aromatic carbocycles. The third kappa shape index (κ3) is 2.94. The van der Waals surface area contributed by atoms with E-state index in [4.69, 9.17) is 5.73 Å². The number of halogens is 1. The monoisotopic (exact) mass is 416 g/mol. The first kappa shape index (κ1) is 17.7. The van der Waals surface area contributed by atoms with E-state index in [1.54, 1.807) is 20.2 Å². The van der Waals surface area contributed by atoms with Crippen molar-refractivity contribution in [3.05, 3.63) is 27.1 Å². The van der Waals surface area contributed by atoms with Crippen LogP contribution in [0.15, 0.2) is 26.3 Å². The van der Waals surface area contributed by atoms with Crippen LogP contribution in [0, 0.1) is 5.41 Å². The fourth-order valence-electron chi connectivity index (χ4n) is 2.97. The van der Waals surface area contributed by atoms with Crippen molar-refractivity contribution < 1.29 is 8.42 Å². The van der Waals surface area contributed by atoms with Crippen molar-refractivity contribution in [3.8, 4) is 0 Å². The molecule has 24 heavy (non-hydrogen) atoms. The van der Waals surface area contributed by atoms with Gasteiger partial charge in [-0.3, -0.25) is 9.13 Å². The minimum absolute atomic E-state index is 0.118. The first-order valence-corrected chi connectivity index (χ1v) is 10.0. The fourth-order valence-corrected chi connectivity index (χ4v) is 5.05. The van der Waals surface area contributed by atoms with E-state index in [1.165, 1.54) is 15.2 Å². The van der Waals surface area contributed by atoms with E-state index in [0.29, 0.717) is 28.6 Å². The van der Waals surface area contributed by atoms with Crippen molar-refractivity contribution in [2.75, 3.05) is 13.1 Å². The maximum atomic E-state index is 12.6. The first-order chi connectivity index (χ1) is 11.2. The van der Waals surface area contributed by atoms with Crippen LogP contribution in [0.3, 0.4) is 0 Å². The lowest BCUT2D eigenvalue weighted by atomic mass is 10.0. The lowest BCUT2D eigenvalue weighted by Gasteiger charge is -2.13. The zero-order valence-corrected chi connectivity index (χ0v) is 16.1. The molecule has 3 N–H and O–H groups in total. The molecule has 132 valence electrons. The lowest BCUT2D eigenvalue weighted by Crippen LogP contribution is -2.28. The van der Waals surface area contributed by atoms with Gasteiger partial charge < -0.3 is 5.73 Å². The Bertz CT molecular complexity index is 957. The summed E-state index contributed by atoms with van der Waals surface area (Å²) in [4.78, 5) is 12.1. The predicted octanol–water partition coefficient (Wildman–Crippen LogP) is 1.05. The Hall–Kier alpha value is -1.16. The molecular weight excluding hydrogens is 396 g/mol. The van der Waals surface area contributed by atoms with E-state index in [2.05, 4.69) is 20.7 Å². The van der Waals surface area contributed by atoms with Gasteiger partial charge in [-0.1, -0.05) is 0 Å². The number of aryl methyl sites for hydroxylation is 2. The van der Waals surface area contributed by atoms with E-state index < -0.39 is 10.0 Å². The van der Waals surface area contributed by atoms with Gasteiger partial charge in [-0.15, -0.1) is 0 Å². The molecule has 9 heteroatoms. The molecule has 1 aliphatic rings. The van der Waals surface area contributed by atoms with E-state index >= 15 is 0 Å². The maximum absolute atomic E-state index is 12.6. The average molecular weight is 417 g/mol. The SMILES string of the molecule is Cn1c(=O)n(C)c2cc(S(=O)(=O)NCCC3(CN)CC3)c(Br)cc21. The first-order valence-electron chi connectivity index (χ1n) is 7.75. The quantitative estimate of drug-likeness (QED) is 0.734. The standard InChI is InChI=1S/C15H21BrN4O3S/c1-19-11-7-10(16)13(8-12(11)20(2)14(19)21)24(22,23)18-6-5-15(9-17)3-4-15/h7-8,18H,3-6,9,17H2,1-2H3. The number of fused-ring (bicyclic) bond motifs is 1. The molecular formula is C15H21BrN4O3S. The van der Waals surface area contributed by atoms with E-state index in [-0.39, 0.29) is 16.0 Å². The lowest BCUT2D eigenvalue weighted by molar-refractivity contribution is 0.473. The van der Waals surface area contributed by atoms with E-state index in [9.17, 15) is 13.2 Å². The number of hydrogen-bond acceptors (Lipinski definition) is 4. The van der Waals surface area contributed by atoms with Crippen LogP contribution in [-0.4, -0.2) is 30.6 Å². The van der Waals surface area contributed by atoms with E-state index in [0.717, 1.165) is 19.3 Å². The van der Waals surface area contributed by atoms with Gasteiger partial charge in [0.05, 0.1) is 15.9 Å². The highest BCUT2D eigenvalue weighted by Gasteiger charge is 2.40. The van der Waals surface area contributed by atoms with Crippen molar-refractivity contribution in [2.45, 2.75) is 24.2 Å². The summed E-state index contributed by atoms with van der Waals surface area (Å²) in [6.07, 6.45) is 2.87. The van der Waals surface area contributed by atoms with Gasteiger partial charge in [-0.25, -0.2) is 17.9 Å². The zero-order chi connectivity index (χ0) is 17.7. The second-order valence-electron chi connectivity index (χ2n) is 6.52. The topological polar surface area (TPSA) is 99.1 Å². The number of imidazole rings is 1. The summed E-state index contributed by atoms with van der Waals surface area (Å²) in [5.74, 6) is 0. The van der Waals surface area contributed by atoms with Crippen molar-refractivity contribution in [2.24, 2.45) is 25.2 Å². The van der Waals surface area contributed by atoms with E-state index in [1.807, 2.05) is 0 Å². The second kappa shape index (κ2) is 5.98. The Kier molecular flexibility index (Phi) is 4.40. The Morgan fingerprint density at radius 2 is 1.83 bits per heavy atom. The number of aromatic nitrogens is 2. The molecule has 3 rings (SSSR count). The van der Waals surface area contributed by atoms with Crippen molar-refractivity contribution >= 4 is 37.0 Å². The normalized spacial score (nSPS) is 16.7. The highest BCUT2D eigenvalue weighted by Crippen LogP contribution is 2.47. The van der Waals surface area contributed by atoms with Crippen LogP contribution in [0.4, 0.5) is 0 Å². The smallest absolute Gasteiger partial charge is 0.328 e. The van der Waals surface area contributed by atoms with Gasteiger partial charge >= 0.3 is 5.69 Å². The minimum Gasteiger partial charge on any atom is -0.330 e. The van der Waals surface area contributed by atoms with Crippen molar-refractivity contribution in [1.82, 2.24) is 13.9 Å². The summed E-state index contributed by atoms with van der Waals surface area (Å²) < 4.78 is 31.3. The number of hydrogen-bond donors (Lipinski definition) is 2. The second-order valence-corrected chi connectivity index (χ2v) is 9.11. The number of nitrogens with one attached hydrogen (secondary N) is 1. The van der Waals surface area contributed by atoms with Gasteiger partial charge in [0.2, 0.25) is 10.0 Å². The largest absolute Gasteiger partial charge is 0.330 e. The molecule has 1 aromatic heterocycles. The molecule has 1 saturated carbocycles. The van der Waals surface area contributed by atoms with Crippen LogP contribution in [0.25, 0.3) is 11.0 Å². The van der Waals surface area contributed by atoms with Crippen LogP contribution >= 0.6 is 15.9 Å². The van der Waals surface area contributed by atoms with Crippen LogP contribution in [0.1, 0.15) is 19.3 Å². The third-order valence-electron chi connectivity index (χ3n) is 4.95. The zero-order valence-electron chi connectivity index (χ0n) is 13.7. The predicted molar refractivity (Wildman–Crippen MR) is 96.4 cm³/mol. The molecule has 2 aromatic rings. The molecule has 1 fully saturated rings. The number of nitrogens with two attached hydrogens (primary N) is 1. The summed E-state index contributed by atoms with van der Waals surface area (Å²) in [6, 6.07) is 3.19. The molecule has 0 radical (unpaired) electrons. The molecule has 0 saturated heterocycles. The molecule has 0 spiro atoms. The van der Waals surface area contributed by atoms with Gasteiger partial charge in [0.15, 0.2) is 0 Å². The molecule has 1 heterocycles. The van der Waals surface area contributed by atoms with Crippen molar-refractivity contribution in [3.63, 3.8) is 0 Å². The molecule has 7 nitrogen and oxygen atoms in total. The van der Waals surface area contributed by atoms with Crippen LogP contribution in [0.2, 0.25) is 0 Å². The van der Waals surface area contributed by atoms with Gasteiger partial charge in [-0.05, 0) is 59.3 Å². The molecule has 1 aliphatic carbocycles.